The minimum atomic E-state index is -0.656. The van der Waals surface area contributed by atoms with Crippen LogP contribution in [0.5, 0.6) is 5.75 Å². The molecular formula is C32H37N3O5S. The van der Waals surface area contributed by atoms with E-state index < -0.39 is 12.1 Å². The van der Waals surface area contributed by atoms with Crippen LogP contribution in [-0.2, 0) is 11.4 Å². The minimum Gasteiger partial charge on any atom is -0.488 e. The maximum atomic E-state index is 13.0. The molecule has 9 heteroatoms. The first-order valence-corrected chi connectivity index (χ1v) is 15.4. The number of anilines is 1. The summed E-state index contributed by atoms with van der Waals surface area (Å²) < 4.78 is 6.34. The molecule has 41 heavy (non-hydrogen) atoms. The van der Waals surface area contributed by atoms with Gasteiger partial charge in [0.05, 0.1) is 17.7 Å². The Bertz CT molecular complexity index is 1440. The molecule has 3 aliphatic rings. The van der Waals surface area contributed by atoms with E-state index in [2.05, 4.69) is 23.3 Å². The Hall–Kier alpha value is -3.43. The van der Waals surface area contributed by atoms with Crippen LogP contribution >= 0.6 is 11.3 Å². The lowest BCUT2D eigenvalue weighted by molar-refractivity contribution is -0.144. The van der Waals surface area contributed by atoms with E-state index in [1.165, 1.54) is 0 Å². The number of aliphatic hydroxyl groups excluding tert-OH is 1. The fourth-order valence-electron chi connectivity index (χ4n) is 6.75. The van der Waals surface area contributed by atoms with Crippen LogP contribution in [0.15, 0.2) is 41.8 Å². The summed E-state index contributed by atoms with van der Waals surface area (Å²) in [7, 11) is 0. The summed E-state index contributed by atoms with van der Waals surface area (Å²) in [6.45, 7) is 6.96. The molecule has 1 saturated carbocycles. The summed E-state index contributed by atoms with van der Waals surface area (Å²) in [4.78, 5) is 33.7. The van der Waals surface area contributed by atoms with Crippen LogP contribution in [0.4, 0.5) is 5.13 Å². The second-order valence-corrected chi connectivity index (χ2v) is 12.7. The predicted octanol–water partition coefficient (Wildman–Crippen LogP) is 5.15. The first-order chi connectivity index (χ1) is 19.8. The maximum Gasteiger partial charge on any atom is 0.307 e. The molecule has 2 N–H and O–H groups in total. The Balaban J connectivity index is 1.16. The van der Waals surface area contributed by atoms with E-state index in [-0.39, 0.29) is 23.7 Å². The average molecular weight is 576 g/mol. The molecule has 0 spiro atoms. The number of aliphatic carboxylic acids is 1. The Morgan fingerprint density at radius 3 is 2.54 bits per heavy atom. The van der Waals surface area contributed by atoms with Gasteiger partial charge in [0.1, 0.15) is 12.4 Å². The number of carbonyl (C=O) groups is 2. The lowest BCUT2D eigenvalue weighted by Crippen LogP contribution is -2.44. The highest BCUT2D eigenvalue weighted by Gasteiger charge is 2.46. The summed E-state index contributed by atoms with van der Waals surface area (Å²) in [6, 6.07) is 11.8. The highest BCUT2D eigenvalue weighted by molar-refractivity contribution is 7.14. The van der Waals surface area contributed by atoms with Gasteiger partial charge in [-0.05, 0) is 86.8 Å². The number of hydrogen-bond acceptors (Lipinski definition) is 7. The van der Waals surface area contributed by atoms with Crippen molar-refractivity contribution in [3.05, 3.63) is 64.0 Å². The molecule has 6 rings (SSSR count). The van der Waals surface area contributed by atoms with E-state index in [0.29, 0.717) is 25.3 Å². The van der Waals surface area contributed by atoms with E-state index >= 15 is 0 Å². The van der Waals surface area contributed by atoms with Crippen LogP contribution in [-0.4, -0.2) is 64.3 Å². The number of thiazole rings is 1. The Kier molecular flexibility index (Phi) is 7.74. The first-order valence-electron chi connectivity index (χ1n) is 14.5. The number of aryl methyl sites for hydroxylation is 2. The number of aliphatic hydroxyl groups is 1. The monoisotopic (exact) mass is 575 g/mol. The zero-order valence-corrected chi connectivity index (χ0v) is 24.4. The number of aromatic nitrogens is 1. The first kappa shape index (κ1) is 27.7. The number of carboxylic acids is 1. The van der Waals surface area contributed by atoms with Gasteiger partial charge in [0.25, 0.3) is 5.91 Å². The summed E-state index contributed by atoms with van der Waals surface area (Å²) in [6.07, 6.45) is 3.07. The van der Waals surface area contributed by atoms with Crippen LogP contribution in [0.25, 0.3) is 11.3 Å². The van der Waals surface area contributed by atoms with E-state index in [4.69, 9.17) is 9.72 Å². The standard InChI is InChI=1S/C32H37N3O5S/c1-19-5-10-28(40-17-24-9-6-21(13-20(24)2)30(37)34-11-3-4-25(36)16-34)26(12-19)27-18-41-32(33-27)35-14-22-7-8-23(15-35)29(22)31(38)39/h5-6,9-10,12-13,18,22-23,25,29,36H,3-4,7-8,11,14-17H2,1-2H3,(H,38,39)/t22-,23+,25-,29?/m0/s1. The van der Waals surface area contributed by atoms with Crippen molar-refractivity contribution >= 4 is 28.3 Å². The molecule has 4 atom stereocenters. The van der Waals surface area contributed by atoms with Gasteiger partial charge in [-0.1, -0.05) is 17.7 Å². The number of ether oxygens (including phenoxy) is 1. The summed E-state index contributed by atoms with van der Waals surface area (Å²) in [5.41, 5.74) is 5.53. The second-order valence-electron chi connectivity index (χ2n) is 11.9. The van der Waals surface area contributed by atoms with Crippen LogP contribution in [0.2, 0.25) is 0 Å². The fourth-order valence-corrected chi connectivity index (χ4v) is 7.60. The number of amides is 1. The SMILES string of the molecule is Cc1ccc(OCc2ccc(C(=O)N3CCC[C@H](O)C3)cc2C)c(-c2csc(N3C[C@H]4CC[C@@H](C3)C4C(=O)O)n2)c1. The number of likely N-dealkylation sites (tertiary alicyclic amines) is 1. The lowest BCUT2D eigenvalue weighted by Gasteiger charge is -2.35. The van der Waals surface area contributed by atoms with Gasteiger partial charge in [0, 0.05) is 42.7 Å². The molecule has 1 aliphatic carbocycles. The molecule has 2 aliphatic heterocycles. The molecule has 8 nitrogen and oxygen atoms in total. The number of benzene rings is 2. The molecule has 3 heterocycles. The van der Waals surface area contributed by atoms with Crippen molar-refractivity contribution in [2.24, 2.45) is 17.8 Å². The minimum absolute atomic E-state index is 0.0420. The smallest absolute Gasteiger partial charge is 0.307 e. The highest BCUT2D eigenvalue weighted by Crippen LogP contribution is 2.44. The van der Waals surface area contributed by atoms with Crippen molar-refractivity contribution in [2.45, 2.75) is 52.2 Å². The lowest BCUT2D eigenvalue weighted by atomic mass is 9.85. The topological polar surface area (TPSA) is 103 Å². The third-order valence-corrected chi connectivity index (χ3v) is 9.85. The van der Waals surface area contributed by atoms with Crippen molar-refractivity contribution in [1.82, 2.24) is 9.88 Å². The van der Waals surface area contributed by atoms with Crippen molar-refractivity contribution < 1.29 is 24.5 Å². The van der Waals surface area contributed by atoms with Crippen molar-refractivity contribution in [3.8, 4) is 17.0 Å². The summed E-state index contributed by atoms with van der Waals surface area (Å²) >= 11 is 1.60. The third kappa shape index (κ3) is 5.70. The van der Waals surface area contributed by atoms with Crippen LogP contribution < -0.4 is 9.64 Å². The summed E-state index contributed by atoms with van der Waals surface area (Å²) in [5, 5.41) is 22.6. The number of piperidine rings is 2. The summed E-state index contributed by atoms with van der Waals surface area (Å²) in [5.74, 6) is 0.201. The fraction of sp³-hybridized carbons (Fsp3) is 0.469. The molecular weight excluding hydrogens is 538 g/mol. The van der Waals surface area contributed by atoms with Gasteiger partial charge in [-0.3, -0.25) is 9.59 Å². The van der Waals surface area contributed by atoms with Crippen LogP contribution in [0.1, 0.15) is 52.7 Å². The number of fused-ring (bicyclic) bond motifs is 2. The van der Waals surface area contributed by atoms with Crippen LogP contribution in [0.3, 0.4) is 0 Å². The molecule has 2 bridgehead atoms. The van der Waals surface area contributed by atoms with Gasteiger partial charge < -0.3 is 24.7 Å². The normalized spacial score (nSPS) is 24.0. The number of nitrogens with zero attached hydrogens (tertiary/aromatic N) is 3. The van der Waals surface area contributed by atoms with Gasteiger partial charge in [0.15, 0.2) is 5.13 Å². The van der Waals surface area contributed by atoms with E-state index in [9.17, 15) is 19.8 Å². The van der Waals surface area contributed by atoms with Gasteiger partial charge in [-0.25, -0.2) is 4.98 Å². The number of β-amino-alcohol motifs (C(OH)–C–C–N with tert-alkyl or cyclic N) is 1. The zero-order chi connectivity index (χ0) is 28.7. The molecule has 2 saturated heterocycles. The third-order valence-electron chi connectivity index (χ3n) is 8.95. The molecule has 0 radical (unpaired) electrons. The Morgan fingerprint density at radius 1 is 1.05 bits per heavy atom. The predicted molar refractivity (Wildman–Crippen MR) is 158 cm³/mol. The molecule has 3 aromatic rings. The van der Waals surface area contributed by atoms with Gasteiger partial charge in [-0.15, -0.1) is 11.3 Å². The Morgan fingerprint density at radius 2 is 1.83 bits per heavy atom. The maximum absolute atomic E-state index is 13.0. The molecule has 216 valence electrons. The van der Waals surface area contributed by atoms with E-state index in [1.807, 2.05) is 37.3 Å². The molecule has 2 aromatic carbocycles. The second kappa shape index (κ2) is 11.4. The van der Waals surface area contributed by atoms with Gasteiger partial charge >= 0.3 is 5.97 Å². The highest BCUT2D eigenvalue weighted by atomic mass is 32.1. The van der Waals surface area contributed by atoms with Crippen molar-refractivity contribution in [1.29, 1.82) is 0 Å². The van der Waals surface area contributed by atoms with Gasteiger partial charge in [-0.2, -0.15) is 0 Å². The average Bonchev–Trinajstić information content (AvgIpc) is 3.55. The number of carboxylic acid groups (broad SMARTS) is 1. The largest absolute Gasteiger partial charge is 0.488 e. The van der Waals surface area contributed by atoms with Crippen LogP contribution in [0, 0.1) is 31.6 Å². The molecule has 1 aromatic heterocycles. The number of carbonyl (C=O) groups excluding carboxylic acids is 1. The van der Waals surface area contributed by atoms with E-state index in [1.54, 1.807) is 16.2 Å². The van der Waals surface area contributed by atoms with Gasteiger partial charge in [0.2, 0.25) is 0 Å². The molecule has 1 amide bonds. The Labute approximate surface area is 244 Å². The van der Waals surface area contributed by atoms with Crippen molar-refractivity contribution in [3.63, 3.8) is 0 Å². The molecule has 1 unspecified atom stereocenters. The van der Waals surface area contributed by atoms with E-state index in [0.717, 1.165) is 77.6 Å². The molecule has 3 fully saturated rings. The number of hydrogen-bond donors (Lipinski definition) is 2. The van der Waals surface area contributed by atoms with Crippen molar-refractivity contribution in [2.75, 3.05) is 31.1 Å². The number of rotatable bonds is 7. The quantitative estimate of drug-likeness (QED) is 0.402. The zero-order valence-electron chi connectivity index (χ0n) is 23.6.